The maximum absolute atomic E-state index is 13.8. The van der Waals surface area contributed by atoms with Crippen molar-refractivity contribution in [3.63, 3.8) is 0 Å². The van der Waals surface area contributed by atoms with E-state index in [2.05, 4.69) is 15.4 Å². The Morgan fingerprint density at radius 1 is 1.19 bits per heavy atom. The molecule has 4 rings (SSSR count). The average Bonchev–Trinajstić information content (AvgIpc) is 3.18. The van der Waals surface area contributed by atoms with E-state index in [4.69, 9.17) is 0 Å². The molecule has 0 unspecified atom stereocenters. The molecule has 2 aromatic heterocycles. The number of fused-ring (bicyclic) bond motifs is 1. The Labute approximate surface area is 186 Å². The smallest absolute Gasteiger partial charge is 0.305 e. The second-order valence-corrected chi connectivity index (χ2v) is 6.95. The molecule has 1 aliphatic rings. The van der Waals surface area contributed by atoms with Gasteiger partial charge in [-0.05, 0) is 43.3 Å². The van der Waals surface area contributed by atoms with Crippen LogP contribution in [0.2, 0.25) is 0 Å². The summed E-state index contributed by atoms with van der Waals surface area (Å²) in [5.41, 5.74) is -0.735. The largest absolute Gasteiger partial charge is 0.416 e. The van der Waals surface area contributed by atoms with Gasteiger partial charge >= 0.3 is 6.18 Å². The number of alkyl halides is 3. The van der Waals surface area contributed by atoms with Crippen molar-refractivity contribution >= 4 is 36.8 Å². The molecule has 0 aliphatic carbocycles. The fraction of sp³-hybridized carbons (Fsp3) is 0.200. The number of nitrogens with zero attached hydrogens (tertiary/aromatic N) is 4. The molecule has 2 amide bonds. The number of halogens is 4. The van der Waals surface area contributed by atoms with E-state index in [0.717, 1.165) is 18.2 Å². The molecule has 3 heterocycles. The highest BCUT2D eigenvalue weighted by Gasteiger charge is 2.36. The van der Waals surface area contributed by atoms with Gasteiger partial charge in [0.2, 0.25) is 0 Å². The minimum absolute atomic E-state index is 0. The Hall–Kier alpha value is -3.41. The van der Waals surface area contributed by atoms with E-state index in [1.54, 1.807) is 6.92 Å². The number of benzene rings is 1. The predicted molar refractivity (Wildman–Crippen MR) is 113 cm³/mol. The van der Waals surface area contributed by atoms with E-state index in [0.29, 0.717) is 0 Å². The molecule has 0 saturated heterocycles. The van der Waals surface area contributed by atoms with Crippen LogP contribution in [0.15, 0.2) is 48.8 Å². The first-order chi connectivity index (χ1) is 14.7. The molecule has 1 aliphatic heterocycles. The average molecular weight is 467 g/mol. The molecule has 0 bridgehead atoms. The summed E-state index contributed by atoms with van der Waals surface area (Å²) in [5, 5.41) is 6.40. The quantitative estimate of drug-likeness (QED) is 0.590. The third kappa shape index (κ3) is 4.17. The highest BCUT2D eigenvalue weighted by Crippen LogP contribution is 2.33. The molecule has 0 spiro atoms. The minimum Gasteiger partial charge on any atom is -0.305 e. The molecule has 0 radical (unpaired) electrons. The number of rotatable bonds is 3. The third-order valence-corrected chi connectivity index (χ3v) is 4.85. The third-order valence-electron chi connectivity index (χ3n) is 4.85. The Morgan fingerprint density at radius 3 is 2.50 bits per heavy atom. The SMILES string of the molecule is C[C@H]1CN(c2ccc(C(F)(F)F)cc2)C(=O)c2c(C(=O)Nc3ncccc3F)cnn21.S. The number of amides is 2. The van der Waals surface area contributed by atoms with Crippen LogP contribution in [0, 0.1) is 5.82 Å². The number of nitrogens with one attached hydrogen (secondary N) is 1. The molecule has 7 nitrogen and oxygen atoms in total. The number of pyridine rings is 1. The van der Waals surface area contributed by atoms with Crippen molar-refractivity contribution in [1.82, 2.24) is 14.8 Å². The van der Waals surface area contributed by atoms with Gasteiger partial charge in [0.15, 0.2) is 11.6 Å². The van der Waals surface area contributed by atoms with Gasteiger partial charge in [-0.15, -0.1) is 0 Å². The lowest BCUT2D eigenvalue weighted by molar-refractivity contribution is -0.137. The van der Waals surface area contributed by atoms with Crippen LogP contribution in [0.5, 0.6) is 0 Å². The summed E-state index contributed by atoms with van der Waals surface area (Å²) in [5.74, 6) is -2.44. The van der Waals surface area contributed by atoms with Gasteiger partial charge in [0, 0.05) is 18.4 Å². The van der Waals surface area contributed by atoms with Gasteiger partial charge in [0.1, 0.15) is 5.69 Å². The van der Waals surface area contributed by atoms with Gasteiger partial charge in [-0.3, -0.25) is 14.3 Å². The zero-order valence-electron chi connectivity index (χ0n) is 16.5. The molecule has 1 N–H and O–H groups in total. The van der Waals surface area contributed by atoms with Crippen LogP contribution in [-0.2, 0) is 6.18 Å². The normalized spacial score (nSPS) is 15.7. The summed E-state index contributed by atoms with van der Waals surface area (Å²) in [6, 6.07) is 6.29. The number of hydrogen-bond acceptors (Lipinski definition) is 4. The van der Waals surface area contributed by atoms with Crippen molar-refractivity contribution < 1.29 is 27.2 Å². The first-order valence-corrected chi connectivity index (χ1v) is 9.15. The second kappa shape index (κ2) is 8.61. The lowest BCUT2D eigenvalue weighted by atomic mass is 10.1. The lowest BCUT2D eigenvalue weighted by Gasteiger charge is -2.32. The maximum Gasteiger partial charge on any atom is 0.416 e. The molecular formula is C20H17F4N5O2S. The topological polar surface area (TPSA) is 80.1 Å². The molecule has 3 aromatic rings. The van der Waals surface area contributed by atoms with Gasteiger partial charge in [-0.2, -0.15) is 31.8 Å². The van der Waals surface area contributed by atoms with Gasteiger partial charge in [-0.1, -0.05) is 0 Å². The first-order valence-electron chi connectivity index (χ1n) is 9.15. The zero-order valence-corrected chi connectivity index (χ0v) is 17.5. The maximum atomic E-state index is 13.8. The summed E-state index contributed by atoms with van der Waals surface area (Å²) in [7, 11) is 0. The van der Waals surface area contributed by atoms with Gasteiger partial charge in [0.25, 0.3) is 11.8 Å². The summed E-state index contributed by atoms with van der Waals surface area (Å²) in [4.78, 5) is 30.8. The van der Waals surface area contributed by atoms with E-state index in [9.17, 15) is 27.2 Å². The number of carbonyl (C=O) groups excluding carboxylic acids is 2. The summed E-state index contributed by atoms with van der Waals surface area (Å²) in [6.45, 7) is 1.90. The van der Waals surface area contributed by atoms with Crippen LogP contribution < -0.4 is 10.2 Å². The number of aromatic nitrogens is 3. The van der Waals surface area contributed by atoms with Crippen molar-refractivity contribution in [1.29, 1.82) is 0 Å². The van der Waals surface area contributed by atoms with Crippen molar-refractivity contribution in [3.8, 4) is 0 Å². The number of hydrogen-bond donors (Lipinski definition) is 1. The highest BCUT2D eigenvalue weighted by atomic mass is 32.1. The van der Waals surface area contributed by atoms with Crippen LogP contribution >= 0.6 is 13.5 Å². The second-order valence-electron chi connectivity index (χ2n) is 6.95. The lowest BCUT2D eigenvalue weighted by Crippen LogP contribution is -2.43. The van der Waals surface area contributed by atoms with Crippen LogP contribution in [0.3, 0.4) is 0 Å². The monoisotopic (exact) mass is 467 g/mol. The van der Waals surface area contributed by atoms with E-state index in [-0.39, 0.29) is 48.8 Å². The molecular weight excluding hydrogens is 450 g/mol. The fourth-order valence-electron chi connectivity index (χ4n) is 3.33. The van der Waals surface area contributed by atoms with Crippen LogP contribution in [0.25, 0.3) is 0 Å². The molecule has 12 heteroatoms. The van der Waals surface area contributed by atoms with Crippen molar-refractivity contribution in [3.05, 3.63) is 71.4 Å². The van der Waals surface area contributed by atoms with Crippen molar-refractivity contribution in [2.45, 2.75) is 19.1 Å². The Balaban J connectivity index is 0.00000289. The fourth-order valence-corrected chi connectivity index (χ4v) is 3.33. The minimum atomic E-state index is -4.50. The summed E-state index contributed by atoms with van der Waals surface area (Å²) >= 11 is 0. The van der Waals surface area contributed by atoms with E-state index in [1.165, 1.54) is 40.2 Å². The highest BCUT2D eigenvalue weighted by molar-refractivity contribution is 7.59. The predicted octanol–water partition coefficient (Wildman–Crippen LogP) is 4.02. The van der Waals surface area contributed by atoms with Gasteiger partial charge in [0.05, 0.1) is 23.4 Å². The number of anilines is 2. The molecule has 1 atom stereocenters. The first kappa shape index (κ1) is 23.3. The van der Waals surface area contributed by atoms with Crippen molar-refractivity contribution in [2.75, 3.05) is 16.8 Å². The van der Waals surface area contributed by atoms with Gasteiger partial charge in [-0.25, -0.2) is 9.37 Å². The van der Waals surface area contributed by atoms with E-state index >= 15 is 0 Å². The standard InChI is InChI=1S/C20H15F4N5O2.H2S/c1-11-10-28(13-6-4-12(5-7-13)20(22,23)24)19(31)16-14(9-26-29(11)16)18(30)27-17-15(21)3-2-8-25-17;/h2-9,11H,10H2,1H3,(H,25,27,30);1H2/t11-;/m0./s1. The van der Waals surface area contributed by atoms with Crippen molar-refractivity contribution in [2.24, 2.45) is 0 Å². The Bertz CT molecular complexity index is 1160. The zero-order chi connectivity index (χ0) is 22.3. The molecule has 0 fully saturated rings. The summed E-state index contributed by atoms with van der Waals surface area (Å²) in [6.07, 6.45) is -2.01. The Kier molecular flexibility index (Phi) is 6.26. The Morgan fingerprint density at radius 2 is 1.88 bits per heavy atom. The summed E-state index contributed by atoms with van der Waals surface area (Å²) < 4.78 is 53.7. The molecule has 32 heavy (non-hydrogen) atoms. The van der Waals surface area contributed by atoms with E-state index in [1.807, 2.05) is 0 Å². The molecule has 1 aromatic carbocycles. The molecule has 0 saturated carbocycles. The molecule has 168 valence electrons. The van der Waals surface area contributed by atoms with Crippen LogP contribution in [0.4, 0.5) is 29.1 Å². The van der Waals surface area contributed by atoms with E-state index < -0.39 is 29.4 Å². The van der Waals surface area contributed by atoms with Gasteiger partial charge < -0.3 is 10.2 Å². The number of carbonyl (C=O) groups is 2. The van der Waals surface area contributed by atoms with Crippen LogP contribution in [-0.4, -0.2) is 33.1 Å². The van der Waals surface area contributed by atoms with Crippen LogP contribution in [0.1, 0.15) is 39.4 Å².